The third kappa shape index (κ3) is 1.78. The Kier molecular flexibility index (Phi) is 2.64. The molecule has 84 valence electrons. The van der Waals surface area contributed by atoms with E-state index in [1.165, 1.54) is 18.2 Å². The Morgan fingerprint density at radius 3 is 2.81 bits per heavy atom. The minimum atomic E-state index is -0.861. The zero-order valence-electron chi connectivity index (χ0n) is 8.47. The van der Waals surface area contributed by atoms with Crippen LogP contribution < -0.4 is 11.3 Å². The summed E-state index contributed by atoms with van der Waals surface area (Å²) in [5.74, 6) is -0.0168. The summed E-state index contributed by atoms with van der Waals surface area (Å²) in [6.07, 6.45) is -0.861. The molecule has 2 aromatic rings. The van der Waals surface area contributed by atoms with Crippen molar-refractivity contribution in [1.29, 1.82) is 0 Å². The van der Waals surface area contributed by atoms with E-state index in [2.05, 4.69) is 4.98 Å². The van der Waals surface area contributed by atoms with Crippen molar-refractivity contribution in [3.05, 3.63) is 40.2 Å². The Morgan fingerprint density at radius 2 is 2.12 bits per heavy atom. The van der Waals surface area contributed by atoms with Crippen molar-refractivity contribution in [1.82, 2.24) is 4.98 Å². The van der Waals surface area contributed by atoms with Crippen molar-refractivity contribution >= 4 is 10.9 Å². The summed E-state index contributed by atoms with van der Waals surface area (Å²) in [5, 5.41) is 19.8. The first kappa shape index (κ1) is 10.7. The average Bonchev–Trinajstić information content (AvgIpc) is 2.26. The number of pyridine rings is 1. The van der Waals surface area contributed by atoms with Crippen LogP contribution in [0.5, 0.6) is 5.75 Å². The first-order valence-corrected chi connectivity index (χ1v) is 4.86. The Labute approximate surface area is 91.2 Å². The fourth-order valence-electron chi connectivity index (χ4n) is 1.69. The molecule has 1 aromatic heterocycles. The second-order valence-electron chi connectivity index (χ2n) is 3.57. The van der Waals surface area contributed by atoms with Crippen molar-refractivity contribution < 1.29 is 10.2 Å². The number of rotatable bonds is 2. The highest BCUT2D eigenvalue weighted by Gasteiger charge is 2.11. The van der Waals surface area contributed by atoms with Gasteiger partial charge in [-0.15, -0.1) is 0 Å². The molecule has 0 aliphatic rings. The molecule has 16 heavy (non-hydrogen) atoms. The van der Waals surface area contributed by atoms with Gasteiger partial charge in [0.15, 0.2) is 0 Å². The lowest BCUT2D eigenvalue weighted by Gasteiger charge is -2.11. The Morgan fingerprint density at radius 1 is 1.38 bits per heavy atom. The summed E-state index contributed by atoms with van der Waals surface area (Å²) in [4.78, 5) is 13.7. The molecule has 5 heteroatoms. The number of aliphatic hydroxyl groups is 1. The van der Waals surface area contributed by atoms with Crippen molar-refractivity contribution in [2.24, 2.45) is 5.73 Å². The minimum Gasteiger partial charge on any atom is -0.508 e. The van der Waals surface area contributed by atoms with Crippen LogP contribution in [0.25, 0.3) is 10.9 Å². The molecule has 0 spiro atoms. The average molecular weight is 220 g/mol. The molecule has 0 fully saturated rings. The fraction of sp³-hybridized carbons (Fsp3) is 0.182. The van der Waals surface area contributed by atoms with Gasteiger partial charge >= 0.3 is 0 Å². The largest absolute Gasteiger partial charge is 0.508 e. The number of fused-ring (bicyclic) bond motifs is 1. The van der Waals surface area contributed by atoms with Gasteiger partial charge in [0.25, 0.3) is 0 Å². The minimum absolute atomic E-state index is 0.0168. The highest BCUT2D eigenvalue weighted by atomic mass is 16.3. The molecular weight excluding hydrogens is 208 g/mol. The Hall–Kier alpha value is -1.85. The summed E-state index contributed by atoms with van der Waals surface area (Å²) in [6, 6.07) is 5.84. The molecule has 0 aliphatic heterocycles. The van der Waals surface area contributed by atoms with Crippen molar-refractivity contribution in [3.8, 4) is 5.75 Å². The molecule has 2 rings (SSSR count). The van der Waals surface area contributed by atoms with E-state index in [0.29, 0.717) is 16.5 Å². The van der Waals surface area contributed by atoms with Crippen LogP contribution in [0.1, 0.15) is 11.7 Å². The van der Waals surface area contributed by atoms with Crippen molar-refractivity contribution in [2.75, 3.05) is 6.54 Å². The molecule has 1 atom stereocenters. The van der Waals surface area contributed by atoms with Crippen molar-refractivity contribution in [2.45, 2.75) is 6.10 Å². The van der Waals surface area contributed by atoms with Crippen LogP contribution in [0.4, 0.5) is 0 Å². The maximum absolute atomic E-state index is 11.1. The second-order valence-corrected chi connectivity index (χ2v) is 3.57. The topological polar surface area (TPSA) is 99.3 Å². The normalized spacial score (nSPS) is 12.9. The van der Waals surface area contributed by atoms with E-state index in [1.54, 1.807) is 6.07 Å². The molecule has 0 aliphatic carbocycles. The number of aromatic hydroxyl groups is 1. The lowest BCUT2D eigenvalue weighted by atomic mass is 10.0. The zero-order valence-corrected chi connectivity index (χ0v) is 8.47. The van der Waals surface area contributed by atoms with E-state index in [9.17, 15) is 15.0 Å². The summed E-state index contributed by atoms with van der Waals surface area (Å²) >= 11 is 0. The van der Waals surface area contributed by atoms with Crippen LogP contribution in [0, 0.1) is 0 Å². The van der Waals surface area contributed by atoms with Gasteiger partial charge in [-0.05, 0) is 17.7 Å². The molecule has 0 amide bonds. The molecule has 0 saturated heterocycles. The monoisotopic (exact) mass is 220 g/mol. The zero-order chi connectivity index (χ0) is 11.7. The number of hydrogen-bond donors (Lipinski definition) is 4. The van der Waals surface area contributed by atoms with Crippen LogP contribution in [-0.2, 0) is 0 Å². The van der Waals surface area contributed by atoms with Gasteiger partial charge in [0, 0.05) is 24.1 Å². The van der Waals surface area contributed by atoms with Gasteiger partial charge in [-0.1, -0.05) is 0 Å². The number of nitrogens with one attached hydrogen (secondary N) is 1. The fourth-order valence-corrected chi connectivity index (χ4v) is 1.69. The molecule has 1 unspecified atom stereocenters. The number of hydrogen-bond acceptors (Lipinski definition) is 4. The summed E-state index contributed by atoms with van der Waals surface area (Å²) in [5.41, 5.74) is 6.10. The summed E-state index contributed by atoms with van der Waals surface area (Å²) in [6.45, 7) is 0.0533. The van der Waals surface area contributed by atoms with Gasteiger partial charge in [-0.25, -0.2) is 0 Å². The molecule has 0 radical (unpaired) electrons. The first-order valence-electron chi connectivity index (χ1n) is 4.86. The van der Waals surface area contributed by atoms with E-state index in [1.807, 2.05) is 0 Å². The predicted octanol–water partition coefficient (Wildman–Crippen LogP) is 0.226. The van der Waals surface area contributed by atoms with Crippen LogP contribution in [0.15, 0.2) is 29.1 Å². The standard InChI is InChI=1S/C11H12N2O3/c12-5-10(15)8-3-6(14)4-9-7(8)1-2-11(16)13-9/h1-4,10,14-15H,5,12H2,(H,13,16). The smallest absolute Gasteiger partial charge is 0.248 e. The molecular formula is C11H12N2O3. The number of nitrogens with two attached hydrogens (primary N) is 1. The first-order chi connectivity index (χ1) is 7.61. The van der Waals surface area contributed by atoms with Gasteiger partial charge < -0.3 is 20.9 Å². The molecule has 1 heterocycles. The van der Waals surface area contributed by atoms with E-state index in [4.69, 9.17) is 5.73 Å². The Balaban J connectivity index is 2.77. The maximum atomic E-state index is 11.1. The third-order valence-electron chi connectivity index (χ3n) is 2.44. The van der Waals surface area contributed by atoms with Crippen molar-refractivity contribution in [3.63, 3.8) is 0 Å². The van der Waals surface area contributed by atoms with Gasteiger partial charge in [0.1, 0.15) is 5.75 Å². The summed E-state index contributed by atoms with van der Waals surface area (Å²) in [7, 11) is 0. The van der Waals surface area contributed by atoms with Gasteiger partial charge in [-0.2, -0.15) is 0 Å². The number of aliphatic hydroxyl groups excluding tert-OH is 1. The Bertz CT molecular complexity index is 577. The maximum Gasteiger partial charge on any atom is 0.248 e. The highest BCUT2D eigenvalue weighted by molar-refractivity contribution is 5.83. The molecule has 1 aromatic carbocycles. The highest BCUT2D eigenvalue weighted by Crippen LogP contribution is 2.26. The number of benzene rings is 1. The lowest BCUT2D eigenvalue weighted by Crippen LogP contribution is -2.12. The third-order valence-corrected chi connectivity index (χ3v) is 2.44. The van der Waals surface area contributed by atoms with E-state index in [0.717, 1.165) is 0 Å². The van der Waals surface area contributed by atoms with E-state index in [-0.39, 0.29) is 17.9 Å². The molecule has 0 bridgehead atoms. The second kappa shape index (κ2) is 3.96. The SMILES string of the molecule is NCC(O)c1cc(O)cc2[nH]c(=O)ccc12. The quantitative estimate of drug-likeness (QED) is 0.582. The van der Waals surface area contributed by atoms with Crippen LogP contribution in [-0.4, -0.2) is 21.7 Å². The number of H-pyrrole nitrogens is 1. The lowest BCUT2D eigenvalue weighted by molar-refractivity contribution is 0.188. The van der Waals surface area contributed by atoms with E-state index >= 15 is 0 Å². The number of phenols is 1. The van der Waals surface area contributed by atoms with Gasteiger partial charge in [0.2, 0.25) is 5.56 Å². The van der Waals surface area contributed by atoms with Crippen LogP contribution in [0.3, 0.4) is 0 Å². The van der Waals surface area contributed by atoms with E-state index < -0.39 is 6.10 Å². The van der Waals surface area contributed by atoms with Gasteiger partial charge in [-0.3, -0.25) is 4.79 Å². The number of aromatic amines is 1. The summed E-state index contributed by atoms with van der Waals surface area (Å²) < 4.78 is 0. The molecule has 5 nitrogen and oxygen atoms in total. The van der Waals surface area contributed by atoms with Crippen LogP contribution >= 0.6 is 0 Å². The number of phenolic OH excluding ortho intramolecular Hbond substituents is 1. The van der Waals surface area contributed by atoms with Crippen LogP contribution in [0.2, 0.25) is 0 Å². The predicted molar refractivity (Wildman–Crippen MR) is 60.2 cm³/mol. The van der Waals surface area contributed by atoms with Gasteiger partial charge in [0.05, 0.1) is 11.6 Å². The molecule has 0 saturated carbocycles. The number of aromatic nitrogens is 1. The molecule has 5 N–H and O–H groups in total.